The van der Waals surface area contributed by atoms with Crippen LogP contribution in [0.4, 0.5) is 5.82 Å². The van der Waals surface area contributed by atoms with E-state index in [0.29, 0.717) is 32.1 Å². The first-order valence-corrected chi connectivity index (χ1v) is 8.83. The summed E-state index contributed by atoms with van der Waals surface area (Å²) in [6.07, 6.45) is 3.26. The molecule has 1 unspecified atom stereocenters. The number of aromatic nitrogens is 1. The van der Waals surface area contributed by atoms with Crippen LogP contribution in [-0.4, -0.2) is 50.1 Å². The molecule has 6 nitrogen and oxygen atoms in total. The summed E-state index contributed by atoms with van der Waals surface area (Å²) in [5.74, 6) is 0.581. The van der Waals surface area contributed by atoms with Gasteiger partial charge >= 0.3 is 0 Å². The summed E-state index contributed by atoms with van der Waals surface area (Å²) >= 11 is 0. The summed E-state index contributed by atoms with van der Waals surface area (Å²) in [5, 5.41) is 3.03. The Hall–Kier alpha value is -1.18. The van der Waals surface area contributed by atoms with Gasteiger partial charge in [-0.1, -0.05) is 0 Å². The van der Waals surface area contributed by atoms with Crippen molar-refractivity contribution in [3.63, 3.8) is 0 Å². The van der Waals surface area contributed by atoms with Crippen molar-refractivity contribution in [2.45, 2.75) is 37.7 Å². The third kappa shape index (κ3) is 3.93. The molecule has 2 heterocycles. The molecule has 0 amide bonds. The number of ether oxygens (including phenoxy) is 1. The maximum atomic E-state index is 12.7. The lowest BCUT2D eigenvalue weighted by Crippen LogP contribution is -2.43. The predicted molar refractivity (Wildman–Crippen MR) is 81.8 cm³/mol. The van der Waals surface area contributed by atoms with Crippen LogP contribution >= 0.6 is 0 Å². The number of pyridine rings is 1. The molecule has 1 aliphatic rings. The van der Waals surface area contributed by atoms with Gasteiger partial charge in [-0.25, -0.2) is 13.4 Å². The van der Waals surface area contributed by atoms with Gasteiger partial charge in [0.05, 0.1) is 11.0 Å². The van der Waals surface area contributed by atoms with Gasteiger partial charge < -0.3 is 10.1 Å². The molecule has 118 valence electrons. The van der Waals surface area contributed by atoms with E-state index in [1.807, 2.05) is 13.8 Å². The van der Waals surface area contributed by atoms with Crippen molar-refractivity contribution in [1.29, 1.82) is 0 Å². The van der Waals surface area contributed by atoms with Crippen LogP contribution in [-0.2, 0) is 14.8 Å². The van der Waals surface area contributed by atoms with Crippen molar-refractivity contribution < 1.29 is 13.2 Å². The van der Waals surface area contributed by atoms with Crippen molar-refractivity contribution in [2.24, 2.45) is 0 Å². The van der Waals surface area contributed by atoms with Crippen molar-refractivity contribution in [2.75, 3.05) is 31.6 Å². The second-order valence-electron chi connectivity index (χ2n) is 4.99. The van der Waals surface area contributed by atoms with E-state index >= 15 is 0 Å². The van der Waals surface area contributed by atoms with E-state index in [0.717, 1.165) is 12.8 Å². The molecule has 7 heteroatoms. The fraction of sp³-hybridized carbons (Fsp3) is 0.643. The lowest BCUT2D eigenvalue weighted by atomic mass is 10.1. The fourth-order valence-corrected chi connectivity index (χ4v) is 4.02. The zero-order valence-corrected chi connectivity index (χ0v) is 13.4. The monoisotopic (exact) mass is 313 g/mol. The molecule has 0 saturated carbocycles. The van der Waals surface area contributed by atoms with E-state index in [4.69, 9.17) is 4.74 Å². The van der Waals surface area contributed by atoms with E-state index in [9.17, 15) is 8.42 Å². The van der Waals surface area contributed by atoms with Crippen molar-refractivity contribution >= 4 is 15.8 Å². The summed E-state index contributed by atoms with van der Waals surface area (Å²) in [7, 11) is -3.48. The van der Waals surface area contributed by atoms with Crippen LogP contribution in [0.3, 0.4) is 0 Å². The summed E-state index contributed by atoms with van der Waals surface area (Å²) in [6, 6.07) is 3.13. The standard InChI is InChI=1S/C14H23N3O3S/c1-3-15-14-10-13(7-8-16-14)21(18,19)17-9-5-6-12(11-17)20-4-2/h7-8,10,12H,3-6,9,11H2,1-2H3,(H,15,16). The lowest BCUT2D eigenvalue weighted by molar-refractivity contribution is 0.0265. The number of sulfonamides is 1. The van der Waals surface area contributed by atoms with E-state index in [-0.39, 0.29) is 11.0 Å². The molecule has 1 saturated heterocycles. The Morgan fingerprint density at radius 3 is 3.00 bits per heavy atom. The molecule has 1 aromatic rings. The molecule has 1 aliphatic heterocycles. The largest absolute Gasteiger partial charge is 0.377 e. The number of anilines is 1. The third-order valence-electron chi connectivity index (χ3n) is 3.47. The van der Waals surface area contributed by atoms with E-state index < -0.39 is 10.0 Å². The van der Waals surface area contributed by atoms with Gasteiger partial charge in [0, 0.05) is 38.5 Å². The summed E-state index contributed by atoms with van der Waals surface area (Å²) in [6.45, 7) is 6.16. The van der Waals surface area contributed by atoms with Crippen LogP contribution in [0.15, 0.2) is 23.2 Å². The third-order valence-corrected chi connectivity index (χ3v) is 5.33. The molecular weight excluding hydrogens is 290 g/mol. The lowest BCUT2D eigenvalue weighted by Gasteiger charge is -2.31. The molecule has 2 rings (SSSR count). The van der Waals surface area contributed by atoms with Crippen LogP contribution in [0.5, 0.6) is 0 Å². The van der Waals surface area contributed by atoms with Crippen LogP contribution in [0.1, 0.15) is 26.7 Å². The summed E-state index contributed by atoms with van der Waals surface area (Å²) in [5.41, 5.74) is 0. The summed E-state index contributed by atoms with van der Waals surface area (Å²) < 4.78 is 32.5. The highest BCUT2D eigenvalue weighted by Gasteiger charge is 2.30. The maximum absolute atomic E-state index is 12.7. The molecule has 1 aromatic heterocycles. The number of hydrogen-bond acceptors (Lipinski definition) is 5. The molecule has 0 aliphatic carbocycles. The molecule has 1 fully saturated rings. The second kappa shape index (κ2) is 7.20. The number of nitrogens with one attached hydrogen (secondary N) is 1. The van der Waals surface area contributed by atoms with E-state index in [2.05, 4.69) is 10.3 Å². The van der Waals surface area contributed by atoms with Gasteiger partial charge in [-0.3, -0.25) is 0 Å². The highest BCUT2D eigenvalue weighted by molar-refractivity contribution is 7.89. The zero-order valence-electron chi connectivity index (χ0n) is 12.6. The van der Waals surface area contributed by atoms with Gasteiger partial charge in [-0.15, -0.1) is 0 Å². The van der Waals surface area contributed by atoms with E-state index in [1.54, 1.807) is 12.1 Å². The first kappa shape index (κ1) is 16.2. The topological polar surface area (TPSA) is 71.5 Å². The molecule has 0 bridgehead atoms. The Balaban J connectivity index is 2.18. The molecule has 0 radical (unpaired) electrons. The van der Waals surface area contributed by atoms with Crippen LogP contribution < -0.4 is 5.32 Å². The maximum Gasteiger partial charge on any atom is 0.243 e. The van der Waals surface area contributed by atoms with Gasteiger partial charge in [-0.05, 0) is 32.8 Å². The Morgan fingerprint density at radius 2 is 2.29 bits per heavy atom. The predicted octanol–water partition coefficient (Wildman–Crippen LogP) is 1.70. The highest BCUT2D eigenvalue weighted by atomic mass is 32.2. The molecule has 1 atom stereocenters. The average Bonchev–Trinajstić information content (AvgIpc) is 2.48. The molecule has 21 heavy (non-hydrogen) atoms. The minimum absolute atomic E-state index is 0.00593. The number of hydrogen-bond donors (Lipinski definition) is 1. The molecular formula is C14H23N3O3S. The molecule has 0 aromatic carbocycles. The quantitative estimate of drug-likeness (QED) is 0.865. The second-order valence-corrected chi connectivity index (χ2v) is 6.93. The van der Waals surface area contributed by atoms with E-state index in [1.165, 1.54) is 10.5 Å². The van der Waals surface area contributed by atoms with Crippen molar-refractivity contribution in [3.8, 4) is 0 Å². The minimum Gasteiger partial charge on any atom is -0.377 e. The number of rotatable bonds is 6. The number of nitrogens with zero attached hydrogens (tertiary/aromatic N) is 2. The summed E-state index contributed by atoms with van der Waals surface area (Å²) in [4.78, 5) is 4.40. The SMILES string of the molecule is CCNc1cc(S(=O)(=O)N2CCCC(OCC)C2)ccn1. The van der Waals surface area contributed by atoms with Gasteiger partial charge in [0.2, 0.25) is 10.0 Å². The first-order chi connectivity index (χ1) is 10.1. The van der Waals surface area contributed by atoms with Gasteiger partial charge in [0.25, 0.3) is 0 Å². The minimum atomic E-state index is -3.48. The van der Waals surface area contributed by atoms with Crippen LogP contribution in [0.25, 0.3) is 0 Å². The van der Waals surface area contributed by atoms with Crippen LogP contribution in [0.2, 0.25) is 0 Å². The van der Waals surface area contributed by atoms with Gasteiger partial charge in [-0.2, -0.15) is 4.31 Å². The highest BCUT2D eigenvalue weighted by Crippen LogP contribution is 2.23. The number of piperidine rings is 1. The van der Waals surface area contributed by atoms with Gasteiger partial charge in [0.15, 0.2) is 0 Å². The zero-order chi connectivity index (χ0) is 15.3. The molecule has 1 N–H and O–H groups in total. The van der Waals surface area contributed by atoms with Crippen molar-refractivity contribution in [3.05, 3.63) is 18.3 Å². The smallest absolute Gasteiger partial charge is 0.243 e. The fourth-order valence-electron chi connectivity index (χ4n) is 2.49. The Kier molecular flexibility index (Phi) is 5.55. The molecule has 0 spiro atoms. The Morgan fingerprint density at radius 1 is 1.48 bits per heavy atom. The van der Waals surface area contributed by atoms with Crippen molar-refractivity contribution in [1.82, 2.24) is 9.29 Å². The average molecular weight is 313 g/mol. The van der Waals surface area contributed by atoms with Crippen LogP contribution in [0, 0.1) is 0 Å². The van der Waals surface area contributed by atoms with Gasteiger partial charge in [0.1, 0.15) is 5.82 Å². The Bertz CT molecular complexity index is 560. The normalized spacial score (nSPS) is 20.4. The first-order valence-electron chi connectivity index (χ1n) is 7.39. The Labute approximate surface area is 126 Å².